The molecule has 0 aliphatic heterocycles. The van der Waals surface area contributed by atoms with Crippen LogP contribution in [-0.2, 0) is 0 Å². The normalized spacial score (nSPS) is 16.4. The predicted molar refractivity (Wildman–Crippen MR) is 114 cm³/mol. The fraction of sp³-hybridized carbons (Fsp3) is 0. The van der Waals surface area contributed by atoms with Crippen LogP contribution in [-0.4, -0.2) is 11.4 Å². The van der Waals surface area contributed by atoms with Gasteiger partial charge in [-0.05, 0) is 54.6 Å². The van der Waals surface area contributed by atoms with E-state index >= 15 is 0 Å². The van der Waals surface area contributed by atoms with Crippen LogP contribution in [0, 0.1) is 0 Å². The number of anilines is 1. The van der Waals surface area contributed by atoms with Crippen LogP contribution in [0.3, 0.4) is 0 Å². The van der Waals surface area contributed by atoms with Gasteiger partial charge >= 0.3 is 0 Å². The summed E-state index contributed by atoms with van der Waals surface area (Å²) in [6, 6.07) is 30.0. The molecule has 3 heteroatoms. The highest BCUT2D eigenvalue weighted by atomic mass is 14.9. The van der Waals surface area contributed by atoms with Gasteiger partial charge in [0.1, 0.15) is 0 Å². The lowest BCUT2D eigenvalue weighted by molar-refractivity contribution is 1.45. The van der Waals surface area contributed by atoms with Crippen molar-refractivity contribution in [2.24, 2.45) is 9.98 Å². The van der Waals surface area contributed by atoms with Gasteiger partial charge in [-0.2, -0.15) is 0 Å². The third kappa shape index (κ3) is 4.47. The average molecular weight is 349 g/mol. The maximum absolute atomic E-state index is 4.81. The standard InChI is InChI=1S/C24H19N3/c1-4-10-19(11-5-1)25-22-16-17-23(26-20-12-6-2-7-13-20)24(18-22)27-21-14-8-3-9-15-21/h1-18,25H. The Bertz CT molecular complexity index is 1010. The second-order valence-corrected chi connectivity index (χ2v) is 6.09. The molecule has 0 saturated carbocycles. The molecule has 130 valence electrons. The van der Waals surface area contributed by atoms with Crippen LogP contribution in [0.5, 0.6) is 0 Å². The van der Waals surface area contributed by atoms with Crippen molar-refractivity contribution in [3.8, 4) is 0 Å². The van der Waals surface area contributed by atoms with Crippen LogP contribution < -0.4 is 5.32 Å². The minimum atomic E-state index is 0.825. The summed E-state index contributed by atoms with van der Waals surface area (Å²) in [6.07, 6.45) is 6.06. The fourth-order valence-corrected chi connectivity index (χ4v) is 2.76. The molecule has 0 saturated heterocycles. The summed E-state index contributed by atoms with van der Waals surface area (Å²) < 4.78 is 0. The quantitative estimate of drug-likeness (QED) is 0.568. The molecule has 0 spiro atoms. The molecule has 3 aromatic carbocycles. The lowest BCUT2D eigenvalue weighted by atomic mass is 10.1. The van der Waals surface area contributed by atoms with Crippen LogP contribution in [0.1, 0.15) is 0 Å². The van der Waals surface area contributed by atoms with E-state index in [9.17, 15) is 0 Å². The minimum absolute atomic E-state index is 0.825. The van der Waals surface area contributed by atoms with E-state index in [2.05, 4.69) is 5.32 Å². The van der Waals surface area contributed by atoms with Crippen LogP contribution in [0.15, 0.2) is 125 Å². The largest absolute Gasteiger partial charge is 0.355 e. The molecule has 0 fully saturated rings. The molecule has 1 N–H and O–H groups in total. The zero-order valence-corrected chi connectivity index (χ0v) is 14.8. The van der Waals surface area contributed by atoms with Crippen molar-refractivity contribution in [3.05, 3.63) is 115 Å². The first-order valence-corrected chi connectivity index (χ1v) is 8.86. The first-order chi connectivity index (χ1) is 13.4. The van der Waals surface area contributed by atoms with Gasteiger partial charge in [0.15, 0.2) is 0 Å². The Labute approximate surface area is 159 Å². The second kappa shape index (κ2) is 8.11. The lowest BCUT2D eigenvalue weighted by Crippen LogP contribution is -2.15. The second-order valence-electron chi connectivity index (χ2n) is 6.09. The molecular formula is C24H19N3. The summed E-state index contributed by atoms with van der Waals surface area (Å²) in [7, 11) is 0. The summed E-state index contributed by atoms with van der Waals surface area (Å²) in [5.74, 6) is 0. The summed E-state index contributed by atoms with van der Waals surface area (Å²) in [6.45, 7) is 0. The molecule has 0 amide bonds. The summed E-state index contributed by atoms with van der Waals surface area (Å²) in [5, 5.41) is 3.42. The monoisotopic (exact) mass is 349 g/mol. The molecule has 0 aromatic heterocycles. The van der Waals surface area contributed by atoms with Gasteiger partial charge in [-0.15, -0.1) is 0 Å². The highest BCUT2D eigenvalue weighted by Crippen LogP contribution is 2.19. The van der Waals surface area contributed by atoms with Gasteiger partial charge in [-0.25, -0.2) is 9.98 Å². The van der Waals surface area contributed by atoms with Gasteiger partial charge in [-0.1, -0.05) is 54.6 Å². The van der Waals surface area contributed by atoms with E-state index in [1.165, 1.54) is 0 Å². The van der Waals surface area contributed by atoms with Crippen LogP contribution >= 0.6 is 0 Å². The molecule has 27 heavy (non-hydrogen) atoms. The van der Waals surface area contributed by atoms with E-state index in [1.54, 1.807) is 0 Å². The number of hydrogen-bond acceptors (Lipinski definition) is 3. The highest BCUT2D eigenvalue weighted by molar-refractivity contribution is 6.52. The number of para-hydroxylation sites is 3. The predicted octanol–water partition coefficient (Wildman–Crippen LogP) is 6.10. The number of rotatable bonds is 4. The van der Waals surface area contributed by atoms with Crippen molar-refractivity contribution in [1.29, 1.82) is 0 Å². The molecule has 4 rings (SSSR count). The van der Waals surface area contributed by atoms with Gasteiger partial charge in [-0.3, -0.25) is 0 Å². The summed E-state index contributed by atoms with van der Waals surface area (Å²) >= 11 is 0. The molecule has 3 aromatic rings. The number of nitrogens with zero attached hydrogens (tertiary/aromatic N) is 2. The molecule has 0 atom stereocenters. The Kier molecular flexibility index (Phi) is 5.02. The Morgan fingerprint density at radius 3 is 1.63 bits per heavy atom. The molecule has 3 nitrogen and oxygen atoms in total. The van der Waals surface area contributed by atoms with E-state index < -0.39 is 0 Å². The van der Waals surface area contributed by atoms with Gasteiger partial charge in [0, 0.05) is 11.4 Å². The topological polar surface area (TPSA) is 36.8 Å². The number of nitrogens with one attached hydrogen (secondary N) is 1. The summed E-state index contributed by atoms with van der Waals surface area (Å²) in [4.78, 5) is 9.57. The number of aliphatic imine (C=N–C) groups is 2. The van der Waals surface area contributed by atoms with E-state index in [1.807, 2.05) is 109 Å². The zero-order chi connectivity index (χ0) is 18.3. The number of allylic oxidation sites excluding steroid dienone is 3. The third-order valence-corrected chi connectivity index (χ3v) is 4.05. The van der Waals surface area contributed by atoms with Gasteiger partial charge in [0.05, 0.1) is 22.8 Å². The molecule has 0 heterocycles. The van der Waals surface area contributed by atoms with Crippen LogP contribution in [0.4, 0.5) is 17.1 Å². The molecule has 0 unspecified atom stereocenters. The van der Waals surface area contributed by atoms with E-state index in [4.69, 9.17) is 9.98 Å². The van der Waals surface area contributed by atoms with Crippen molar-refractivity contribution in [2.45, 2.75) is 0 Å². The Hall–Kier alpha value is -3.72. The summed E-state index contributed by atoms with van der Waals surface area (Å²) in [5.41, 5.74) is 5.48. The van der Waals surface area contributed by atoms with E-state index in [0.717, 1.165) is 34.2 Å². The van der Waals surface area contributed by atoms with Gasteiger partial charge in [0.25, 0.3) is 0 Å². The Balaban J connectivity index is 1.70. The smallest absolute Gasteiger partial charge is 0.0914 e. The first-order valence-electron chi connectivity index (χ1n) is 8.86. The van der Waals surface area contributed by atoms with E-state index in [-0.39, 0.29) is 0 Å². The lowest BCUT2D eigenvalue weighted by Gasteiger charge is -2.13. The van der Waals surface area contributed by atoms with Crippen molar-refractivity contribution in [1.82, 2.24) is 0 Å². The molecule has 0 bridgehead atoms. The van der Waals surface area contributed by atoms with Crippen LogP contribution in [0.25, 0.3) is 0 Å². The third-order valence-electron chi connectivity index (χ3n) is 4.05. The zero-order valence-electron chi connectivity index (χ0n) is 14.8. The first kappa shape index (κ1) is 16.7. The maximum Gasteiger partial charge on any atom is 0.0914 e. The highest BCUT2D eigenvalue weighted by Gasteiger charge is 2.11. The Morgan fingerprint density at radius 2 is 1.04 bits per heavy atom. The number of hydrogen-bond donors (Lipinski definition) is 1. The Morgan fingerprint density at radius 1 is 0.519 bits per heavy atom. The molecule has 1 aliphatic carbocycles. The van der Waals surface area contributed by atoms with E-state index in [0.29, 0.717) is 0 Å². The number of benzene rings is 3. The fourth-order valence-electron chi connectivity index (χ4n) is 2.76. The maximum atomic E-state index is 4.81. The van der Waals surface area contributed by atoms with Crippen molar-refractivity contribution < 1.29 is 0 Å². The average Bonchev–Trinajstić information content (AvgIpc) is 2.72. The van der Waals surface area contributed by atoms with Gasteiger partial charge < -0.3 is 5.32 Å². The molecule has 0 radical (unpaired) electrons. The molecular weight excluding hydrogens is 330 g/mol. The van der Waals surface area contributed by atoms with Crippen molar-refractivity contribution in [3.63, 3.8) is 0 Å². The van der Waals surface area contributed by atoms with Crippen molar-refractivity contribution in [2.75, 3.05) is 5.32 Å². The minimum Gasteiger partial charge on any atom is -0.355 e. The van der Waals surface area contributed by atoms with Crippen molar-refractivity contribution >= 4 is 28.5 Å². The molecule has 1 aliphatic rings. The SMILES string of the molecule is C1=CC(=Nc2ccccc2)C(=Nc2ccccc2)C=C1Nc1ccccc1. The van der Waals surface area contributed by atoms with Gasteiger partial charge in [0.2, 0.25) is 0 Å². The van der Waals surface area contributed by atoms with Crippen LogP contribution in [0.2, 0.25) is 0 Å².